The van der Waals surface area contributed by atoms with Crippen molar-refractivity contribution in [3.05, 3.63) is 35.6 Å². The van der Waals surface area contributed by atoms with Crippen LogP contribution in [0.15, 0.2) is 35.6 Å². The number of hydrogen-bond donors (Lipinski definition) is 1. The molecular weight excluding hydrogens is 146 g/mol. The summed E-state index contributed by atoms with van der Waals surface area (Å²) in [5.41, 5.74) is 7.76. The summed E-state index contributed by atoms with van der Waals surface area (Å²) in [4.78, 5) is 0. The van der Waals surface area contributed by atoms with Gasteiger partial charge in [0.25, 0.3) is 0 Å². The van der Waals surface area contributed by atoms with Crippen LogP contribution in [0.1, 0.15) is 27.7 Å². The van der Waals surface area contributed by atoms with Crippen LogP contribution in [-0.4, -0.2) is 0 Å². The molecule has 0 atom stereocenters. The lowest BCUT2D eigenvalue weighted by molar-refractivity contribution is 0.789. The van der Waals surface area contributed by atoms with Crippen LogP contribution >= 0.6 is 0 Å². The van der Waals surface area contributed by atoms with Crippen molar-refractivity contribution in [1.82, 2.24) is 0 Å². The minimum absolute atomic E-state index is 0.566. The van der Waals surface area contributed by atoms with Gasteiger partial charge in [0.2, 0.25) is 0 Å². The molecule has 0 amide bonds. The minimum Gasteiger partial charge on any atom is -0.399 e. The van der Waals surface area contributed by atoms with Crippen LogP contribution in [0, 0.1) is 5.92 Å². The predicted octanol–water partition coefficient (Wildman–Crippen LogP) is 3.01. The zero-order chi connectivity index (χ0) is 9.56. The average molecular weight is 165 g/mol. The SMILES string of the molecule is C\C=C(/C=C\C(N)=C/C)C(C)C. The van der Waals surface area contributed by atoms with Crippen molar-refractivity contribution in [2.45, 2.75) is 27.7 Å². The van der Waals surface area contributed by atoms with E-state index in [1.807, 2.05) is 26.0 Å². The van der Waals surface area contributed by atoms with Crippen LogP contribution in [0.25, 0.3) is 0 Å². The molecule has 2 N–H and O–H groups in total. The molecule has 0 aliphatic heterocycles. The molecular formula is C11H19N. The van der Waals surface area contributed by atoms with Crippen LogP contribution < -0.4 is 5.73 Å². The molecule has 0 aromatic rings. The minimum atomic E-state index is 0.566. The monoisotopic (exact) mass is 165 g/mol. The first-order valence-corrected chi connectivity index (χ1v) is 4.37. The smallest absolute Gasteiger partial charge is 0.0270 e. The molecule has 0 aliphatic carbocycles. The molecule has 0 unspecified atom stereocenters. The zero-order valence-corrected chi connectivity index (χ0v) is 8.46. The van der Waals surface area contributed by atoms with Crippen LogP contribution in [0.3, 0.4) is 0 Å². The summed E-state index contributed by atoms with van der Waals surface area (Å²) in [5, 5.41) is 0. The maximum Gasteiger partial charge on any atom is 0.0270 e. The number of nitrogens with two attached hydrogens (primary N) is 1. The fraction of sp³-hybridized carbons (Fsp3) is 0.455. The van der Waals surface area contributed by atoms with Gasteiger partial charge in [-0.15, -0.1) is 0 Å². The Hall–Kier alpha value is -0.980. The van der Waals surface area contributed by atoms with E-state index in [0.29, 0.717) is 5.92 Å². The summed E-state index contributed by atoms with van der Waals surface area (Å²) in [6.07, 6.45) is 8.02. The standard InChI is InChI=1S/C11H19N/c1-5-10(9(3)4)7-8-11(12)6-2/h5-9H,12H2,1-4H3/b8-7-,10-5+,11-6+. The van der Waals surface area contributed by atoms with Crippen LogP contribution in [0.4, 0.5) is 0 Å². The van der Waals surface area contributed by atoms with E-state index in [4.69, 9.17) is 5.73 Å². The second-order valence-corrected chi connectivity index (χ2v) is 3.07. The molecule has 0 aromatic heterocycles. The van der Waals surface area contributed by atoms with E-state index in [0.717, 1.165) is 5.70 Å². The van der Waals surface area contributed by atoms with E-state index >= 15 is 0 Å². The molecule has 0 fully saturated rings. The molecule has 0 saturated heterocycles. The summed E-state index contributed by atoms with van der Waals surface area (Å²) in [6.45, 7) is 8.33. The Morgan fingerprint density at radius 1 is 1.08 bits per heavy atom. The second kappa shape index (κ2) is 5.64. The van der Waals surface area contributed by atoms with Gasteiger partial charge in [-0.1, -0.05) is 32.1 Å². The molecule has 0 heterocycles. The first-order chi connectivity index (χ1) is 5.61. The van der Waals surface area contributed by atoms with E-state index in [9.17, 15) is 0 Å². The number of allylic oxidation sites excluding steroid dienone is 5. The summed E-state index contributed by atoms with van der Waals surface area (Å²) in [5.74, 6) is 0.566. The fourth-order valence-electron chi connectivity index (χ4n) is 0.911. The molecule has 0 aliphatic rings. The van der Waals surface area contributed by atoms with Crippen molar-refractivity contribution in [2.75, 3.05) is 0 Å². The van der Waals surface area contributed by atoms with Gasteiger partial charge in [0.15, 0.2) is 0 Å². The Morgan fingerprint density at radius 3 is 2.00 bits per heavy atom. The third-order valence-electron chi connectivity index (χ3n) is 1.80. The van der Waals surface area contributed by atoms with Crippen molar-refractivity contribution in [1.29, 1.82) is 0 Å². The summed E-state index contributed by atoms with van der Waals surface area (Å²) < 4.78 is 0. The Kier molecular flexibility index (Phi) is 5.18. The normalized spacial score (nSPS) is 14.8. The first-order valence-electron chi connectivity index (χ1n) is 4.37. The van der Waals surface area contributed by atoms with Crippen molar-refractivity contribution in [2.24, 2.45) is 11.7 Å². The third-order valence-corrected chi connectivity index (χ3v) is 1.80. The van der Waals surface area contributed by atoms with Gasteiger partial charge in [0, 0.05) is 5.70 Å². The van der Waals surface area contributed by atoms with Crippen LogP contribution in [0.5, 0.6) is 0 Å². The van der Waals surface area contributed by atoms with Gasteiger partial charge in [-0.2, -0.15) is 0 Å². The predicted molar refractivity (Wildman–Crippen MR) is 55.7 cm³/mol. The number of hydrogen-bond acceptors (Lipinski definition) is 1. The topological polar surface area (TPSA) is 26.0 Å². The van der Waals surface area contributed by atoms with E-state index < -0.39 is 0 Å². The maximum atomic E-state index is 5.62. The summed E-state index contributed by atoms with van der Waals surface area (Å²) in [6, 6.07) is 0. The lowest BCUT2D eigenvalue weighted by atomic mass is 10.0. The molecule has 12 heavy (non-hydrogen) atoms. The van der Waals surface area contributed by atoms with Crippen LogP contribution in [0.2, 0.25) is 0 Å². The van der Waals surface area contributed by atoms with Gasteiger partial charge in [-0.25, -0.2) is 0 Å². The van der Waals surface area contributed by atoms with E-state index in [1.54, 1.807) is 0 Å². The number of rotatable bonds is 3. The molecule has 0 rings (SSSR count). The molecule has 0 spiro atoms. The molecule has 0 radical (unpaired) electrons. The molecule has 0 aromatic carbocycles. The Morgan fingerprint density at radius 2 is 1.67 bits per heavy atom. The van der Waals surface area contributed by atoms with Gasteiger partial charge in [0.1, 0.15) is 0 Å². The second-order valence-electron chi connectivity index (χ2n) is 3.07. The van der Waals surface area contributed by atoms with Gasteiger partial charge in [-0.3, -0.25) is 0 Å². The van der Waals surface area contributed by atoms with Crippen LogP contribution in [-0.2, 0) is 0 Å². The van der Waals surface area contributed by atoms with E-state index in [-0.39, 0.29) is 0 Å². The molecule has 1 heteroatoms. The highest BCUT2D eigenvalue weighted by molar-refractivity contribution is 5.26. The van der Waals surface area contributed by atoms with Crippen molar-refractivity contribution < 1.29 is 0 Å². The quantitative estimate of drug-likeness (QED) is 0.639. The van der Waals surface area contributed by atoms with Gasteiger partial charge in [0.05, 0.1) is 0 Å². The Balaban J connectivity index is 4.32. The van der Waals surface area contributed by atoms with Crippen molar-refractivity contribution in [3.63, 3.8) is 0 Å². The Bertz CT molecular complexity index is 207. The maximum absolute atomic E-state index is 5.62. The van der Waals surface area contributed by atoms with E-state index in [2.05, 4.69) is 26.0 Å². The zero-order valence-electron chi connectivity index (χ0n) is 8.46. The summed E-state index contributed by atoms with van der Waals surface area (Å²) in [7, 11) is 0. The Labute approximate surface area is 75.7 Å². The fourth-order valence-corrected chi connectivity index (χ4v) is 0.911. The lowest BCUT2D eigenvalue weighted by Crippen LogP contribution is -1.94. The lowest BCUT2D eigenvalue weighted by Gasteiger charge is -2.04. The third kappa shape index (κ3) is 4.02. The largest absolute Gasteiger partial charge is 0.399 e. The highest BCUT2D eigenvalue weighted by atomic mass is 14.5. The highest BCUT2D eigenvalue weighted by Gasteiger charge is 1.95. The summed E-state index contributed by atoms with van der Waals surface area (Å²) >= 11 is 0. The molecule has 1 nitrogen and oxygen atoms in total. The molecule has 0 bridgehead atoms. The van der Waals surface area contributed by atoms with Gasteiger partial charge in [-0.05, 0) is 31.4 Å². The van der Waals surface area contributed by atoms with Gasteiger partial charge >= 0.3 is 0 Å². The molecule has 0 saturated carbocycles. The van der Waals surface area contributed by atoms with Crippen molar-refractivity contribution in [3.8, 4) is 0 Å². The average Bonchev–Trinajstić information content (AvgIpc) is 2.04. The van der Waals surface area contributed by atoms with Gasteiger partial charge < -0.3 is 5.73 Å². The van der Waals surface area contributed by atoms with E-state index in [1.165, 1.54) is 5.57 Å². The highest BCUT2D eigenvalue weighted by Crippen LogP contribution is 2.10. The van der Waals surface area contributed by atoms with Crippen molar-refractivity contribution >= 4 is 0 Å². The molecule has 68 valence electrons. The first kappa shape index (κ1) is 11.0.